The van der Waals surface area contributed by atoms with Crippen LogP contribution in [0.4, 0.5) is 10.1 Å². The highest BCUT2D eigenvalue weighted by Crippen LogP contribution is 2.23. The maximum Gasteiger partial charge on any atom is 0.142 e. The first-order valence-corrected chi connectivity index (χ1v) is 6.89. The summed E-state index contributed by atoms with van der Waals surface area (Å²) >= 11 is 5.68. The summed E-state index contributed by atoms with van der Waals surface area (Å²) in [5, 5.41) is 12.3. The summed E-state index contributed by atoms with van der Waals surface area (Å²) in [6, 6.07) is 12.6. The molecule has 2 rings (SSSR count). The summed E-state index contributed by atoms with van der Waals surface area (Å²) < 4.78 is 13.4. The summed E-state index contributed by atoms with van der Waals surface area (Å²) in [5.41, 5.74) is 2.88. The van der Waals surface area contributed by atoms with Crippen molar-refractivity contribution in [3.63, 3.8) is 0 Å². The van der Waals surface area contributed by atoms with Crippen molar-refractivity contribution in [3.05, 3.63) is 64.4 Å². The highest BCUT2D eigenvalue weighted by molar-refractivity contribution is 6.30. The fourth-order valence-electron chi connectivity index (χ4n) is 2.01. The van der Waals surface area contributed by atoms with Crippen molar-refractivity contribution in [1.82, 2.24) is 0 Å². The number of rotatable bonds is 5. The molecule has 2 nitrogen and oxygen atoms in total. The number of hydrogen-bond donors (Lipinski definition) is 2. The van der Waals surface area contributed by atoms with Crippen molar-refractivity contribution in [2.75, 3.05) is 11.9 Å². The molecular weight excluding hydrogens is 277 g/mol. The number of aliphatic hydroxyl groups is 1. The summed E-state index contributed by atoms with van der Waals surface area (Å²) in [4.78, 5) is 0. The fourth-order valence-corrected chi connectivity index (χ4v) is 2.13. The lowest BCUT2D eigenvalue weighted by molar-refractivity contribution is 0.299. The first-order chi connectivity index (χ1) is 9.60. The molecule has 0 fully saturated rings. The maximum atomic E-state index is 13.4. The number of nitrogens with one attached hydrogen (secondary N) is 1. The van der Waals surface area contributed by atoms with Crippen LogP contribution in [0.15, 0.2) is 42.5 Å². The third kappa shape index (κ3) is 3.71. The molecule has 106 valence electrons. The van der Waals surface area contributed by atoms with Gasteiger partial charge in [0.05, 0.1) is 5.02 Å². The van der Waals surface area contributed by atoms with Crippen molar-refractivity contribution in [2.45, 2.75) is 19.4 Å². The first kappa shape index (κ1) is 14.8. The minimum atomic E-state index is -0.406. The molecule has 0 amide bonds. The Morgan fingerprint density at radius 1 is 1.20 bits per heavy atom. The lowest BCUT2D eigenvalue weighted by Gasteiger charge is -2.16. The highest BCUT2D eigenvalue weighted by atomic mass is 35.5. The van der Waals surface area contributed by atoms with E-state index in [9.17, 15) is 4.39 Å². The van der Waals surface area contributed by atoms with Gasteiger partial charge >= 0.3 is 0 Å². The molecule has 0 radical (unpaired) electrons. The van der Waals surface area contributed by atoms with Crippen LogP contribution >= 0.6 is 11.6 Å². The summed E-state index contributed by atoms with van der Waals surface area (Å²) in [7, 11) is 0. The molecule has 0 heterocycles. The van der Waals surface area contributed by atoms with Crippen LogP contribution in [-0.4, -0.2) is 11.7 Å². The van der Waals surface area contributed by atoms with Crippen molar-refractivity contribution >= 4 is 17.3 Å². The smallest absolute Gasteiger partial charge is 0.142 e. The summed E-state index contributed by atoms with van der Waals surface area (Å²) in [5.74, 6) is -0.406. The van der Waals surface area contributed by atoms with E-state index < -0.39 is 5.82 Å². The Morgan fingerprint density at radius 3 is 2.50 bits per heavy atom. The fraction of sp³-hybridized carbons (Fsp3) is 0.250. The van der Waals surface area contributed by atoms with Gasteiger partial charge in [0.2, 0.25) is 0 Å². The zero-order chi connectivity index (χ0) is 14.5. The predicted octanol–water partition coefficient (Wildman–Crippen LogP) is 4.19. The van der Waals surface area contributed by atoms with Crippen LogP contribution in [-0.2, 0) is 6.42 Å². The summed E-state index contributed by atoms with van der Waals surface area (Å²) in [6.07, 6.45) is 0.651. The first-order valence-electron chi connectivity index (χ1n) is 6.51. The van der Waals surface area contributed by atoms with E-state index in [0.717, 1.165) is 16.8 Å². The van der Waals surface area contributed by atoms with Crippen LogP contribution < -0.4 is 5.32 Å². The average Bonchev–Trinajstić information content (AvgIpc) is 2.44. The van der Waals surface area contributed by atoms with Gasteiger partial charge in [0, 0.05) is 18.3 Å². The predicted molar refractivity (Wildman–Crippen MR) is 80.7 cm³/mol. The van der Waals surface area contributed by atoms with Gasteiger partial charge in [-0.3, -0.25) is 0 Å². The average molecular weight is 294 g/mol. The van der Waals surface area contributed by atoms with Gasteiger partial charge in [0.1, 0.15) is 5.82 Å². The molecule has 4 heteroatoms. The molecule has 2 N–H and O–H groups in total. The zero-order valence-corrected chi connectivity index (χ0v) is 12.0. The van der Waals surface area contributed by atoms with Crippen molar-refractivity contribution in [2.24, 2.45) is 0 Å². The van der Waals surface area contributed by atoms with E-state index in [2.05, 4.69) is 5.32 Å². The van der Waals surface area contributed by atoms with E-state index in [1.54, 1.807) is 6.07 Å². The second-order valence-corrected chi connectivity index (χ2v) is 5.12. The van der Waals surface area contributed by atoms with Gasteiger partial charge in [0.25, 0.3) is 0 Å². The van der Waals surface area contributed by atoms with Crippen molar-refractivity contribution in [1.29, 1.82) is 0 Å². The third-order valence-corrected chi connectivity index (χ3v) is 3.49. The molecule has 0 aliphatic rings. The molecule has 2 aromatic rings. The molecule has 0 aliphatic carbocycles. The molecule has 1 atom stereocenters. The Labute approximate surface area is 123 Å². The number of anilines is 1. The molecule has 0 spiro atoms. The van der Waals surface area contributed by atoms with Gasteiger partial charge in [-0.05, 0) is 48.7 Å². The SMILES string of the molecule is CC(Nc1ccc(CCO)cc1)c1ccc(Cl)c(F)c1. The van der Waals surface area contributed by atoms with Crippen LogP contribution in [0, 0.1) is 5.82 Å². The van der Waals surface area contributed by atoms with Gasteiger partial charge < -0.3 is 10.4 Å². The van der Waals surface area contributed by atoms with Gasteiger partial charge in [-0.25, -0.2) is 4.39 Å². The van der Waals surface area contributed by atoms with Crippen LogP contribution in [0.3, 0.4) is 0 Å². The Hall–Kier alpha value is -1.58. The Morgan fingerprint density at radius 2 is 1.90 bits per heavy atom. The van der Waals surface area contributed by atoms with Crippen LogP contribution in [0.25, 0.3) is 0 Å². The number of benzene rings is 2. The molecule has 0 saturated carbocycles. The minimum absolute atomic E-state index is 0.0227. The van der Waals surface area contributed by atoms with E-state index in [1.807, 2.05) is 37.3 Å². The van der Waals surface area contributed by atoms with Crippen LogP contribution in [0.5, 0.6) is 0 Å². The second kappa shape index (κ2) is 6.73. The third-order valence-electron chi connectivity index (χ3n) is 3.18. The highest BCUT2D eigenvalue weighted by Gasteiger charge is 2.08. The molecule has 1 unspecified atom stereocenters. The largest absolute Gasteiger partial charge is 0.396 e. The van der Waals surface area contributed by atoms with Gasteiger partial charge in [-0.2, -0.15) is 0 Å². The monoisotopic (exact) mass is 293 g/mol. The number of aliphatic hydroxyl groups excluding tert-OH is 1. The molecule has 2 aromatic carbocycles. The van der Waals surface area contributed by atoms with E-state index in [0.29, 0.717) is 6.42 Å². The Balaban J connectivity index is 2.06. The van der Waals surface area contributed by atoms with Crippen LogP contribution in [0.2, 0.25) is 5.02 Å². The van der Waals surface area contributed by atoms with E-state index in [1.165, 1.54) is 6.07 Å². The van der Waals surface area contributed by atoms with Crippen molar-refractivity contribution in [3.8, 4) is 0 Å². The Bertz CT molecular complexity index is 571. The van der Waals surface area contributed by atoms with E-state index in [4.69, 9.17) is 16.7 Å². The summed E-state index contributed by atoms with van der Waals surface area (Å²) in [6.45, 7) is 2.11. The second-order valence-electron chi connectivity index (χ2n) is 4.71. The molecule has 20 heavy (non-hydrogen) atoms. The molecule has 0 saturated heterocycles. The lowest BCUT2D eigenvalue weighted by Crippen LogP contribution is -2.07. The standard InChI is InChI=1S/C16H17ClFNO/c1-11(13-4-7-15(17)16(18)10-13)19-14-5-2-12(3-6-14)8-9-20/h2-7,10-11,19-20H,8-9H2,1H3. The Kier molecular flexibility index (Phi) is 4.99. The zero-order valence-electron chi connectivity index (χ0n) is 11.2. The van der Waals surface area contributed by atoms with Crippen molar-refractivity contribution < 1.29 is 9.50 Å². The van der Waals surface area contributed by atoms with E-state index >= 15 is 0 Å². The lowest BCUT2D eigenvalue weighted by atomic mass is 10.1. The normalized spacial score (nSPS) is 12.2. The molecule has 0 bridgehead atoms. The molecule has 0 aromatic heterocycles. The quantitative estimate of drug-likeness (QED) is 0.866. The van der Waals surface area contributed by atoms with Gasteiger partial charge in [-0.1, -0.05) is 29.8 Å². The number of halogens is 2. The topological polar surface area (TPSA) is 32.3 Å². The van der Waals surface area contributed by atoms with Gasteiger partial charge in [-0.15, -0.1) is 0 Å². The number of hydrogen-bond acceptors (Lipinski definition) is 2. The molecule has 0 aliphatic heterocycles. The van der Waals surface area contributed by atoms with Crippen LogP contribution in [0.1, 0.15) is 24.1 Å². The minimum Gasteiger partial charge on any atom is -0.396 e. The van der Waals surface area contributed by atoms with E-state index in [-0.39, 0.29) is 17.7 Å². The van der Waals surface area contributed by atoms with Gasteiger partial charge in [0.15, 0.2) is 0 Å². The molecular formula is C16H17ClFNO. The maximum absolute atomic E-state index is 13.4.